The molecule has 1 saturated heterocycles. The Morgan fingerprint density at radius 2 is 1.91 bits per heavy atom. The number of ether oxygens (including phenoxy) is 1. The molecule has 1 unspecified atom stereocenters. The lowest BCUT2D eigenvalue weighted by atomic mass is 10.1. The number of thioether (sulfide) groups is 1. The Kier molecular flexibility index (Phi) is 5.72. The third-order valence-corrected chi connectivity index (χ3v) is 4.96. The number of benzene rings is 2. The quantitative estimate of drug-likeness (QED) is 0.818. The Morgan fingerprint density at radius 3 is 2.61 bits per heavy atom. The van der Waals surface area contributed by atoms with Crippen LogP contribution in [0.1, 0.15) is 28.8 Å². The van der Waals surface area contributed by atoms with Crippen molar-refractivity contribution in [3.8, 4) is 0 Å². The third kappa shape index (κ3) is 4.85. The van der Waals surface area contributed by atoms with Gasteiger partial charge in [-0.1, -0.05) is 30.3 Å². The molecule has 0 aromatic heterocycles. The van der Waals surface area contributed by atoms with Gasteiger partial charge in [-0.3, -0.25) is 4.79 Å². The van der Waals surface area contributed by atoms with Gasteiger partial charge in [0.2, 0.25) is 0 Å². The molecular formula is C19H21NO2S. The highest BCUT2D eigenvalue weighted by molar-refractivity contribution is 7.98. The van der Waals surface area contributed by atoms with E-state index in [2.05, 4.69) is 17.4 Å². The van der Waals surface area contributed by atoms with Gasteiger partial charge in [0.05, 0.1) is 6.10 Å². The number of nitrogens with one attached hydrogen (secondary N) is 1. The topological polar surface area (TPSA) is 38.3 Å². The van der Waals surface area contributed by atoms with Crippen LogP contribution in [0.4, 0.5) is 0 Å². The molecule has 23 heavy (non-hydrogen) atoms. The second kappa shape index (κ2) is 8.18. The minimum absolute atomic E-state index is 0.0252. The Morgan fingerprint density at radius 1 is 1.13 bits per heavy atom. The summed E-state index contributed by atoms with van der Waals surface area (Å²) in [4.78, 5) is 13.4. The minimum atomic E-state index is -0.0252. The SMILES string of the molecule is O=C(NCC1CCCO1)c1ccc(CSc2ccccc2)cc1. The minimum Gasteiger partial charge on any atom is -0.376 e. The van der Waals surface area contributed by atoms with E-state index in [0.717, 1.165) is 25.2 Å². The van der Waals surface area contributed by atoms with E-state index in [9.17, 15) is 4.79 Å². The fourth-order valence-corrected chi connectivity index (χ4v) is 3.43. The molecule has 1 aliphatic rings. The van der Waals surface area contributed by atoms with E-state index in [1.54, 1.807) is 11.8 Å². The van der Waals surface area contributed by atoms with Gasteiger partial charge in [-0.25, -0.2) is 0 Å². The zero-order valence-electron chi connectivity index (χ0n) is 13.0. The van der Waals surface area contributed by atoms with Gasteiger partial charge in [-0.15, -0.1) is 11.8 Å². The van der Waals surface area contributed by atoms with Crippen LogP contribution in [0.15, 0.2) is 59.5 Å². The summed E-state index contributed by atoms with van der Waals surface area (Å²) in [5.74, 6) is 0.879. The first-order chi connectivity index (χ1) is 11.3. The van der Waals surface area contributed by atoms with Gasteiger partial charge < -0.3 is 10.1 Å². The van der Waals surface area contributed by atoms with Crippen molar-refractivity contribution in [2.24, 2.45) is 0 Å². The second-order valence-corrected chi connectivity index (χ2v) is 6.69. The Balaban J connectivity index is 1.49. The van der Waals surface area contributed by atoms with Crippen molar-refractivity contribution in [3.63, 3.8) is 0 Å². The summed E-state index contributed by atoms with van der Waals surface area (Å²) < 4.78 is 5.51. The average molecular weight is 327 g/mol. The molecule has 3 nitrogen and oxygen atoms in total. The molecule has 1 atom stereocenters. The highest BCUT2D eigenvalue weighted by atomic mass is 32.2. The van der Waals surface area contributed by atoms with Crippen molar-refractivity contribution >= 4 is 17.7 Å². The molecule has 0 spiro atoms. The van der Waals surface area contributed by atoms with Crippen molar-refractivity contribution in [3.05, 3.63) is 65.7 Å². The third-order valence-electron chi connectivity index (χ3n) is 3.88. The van der Waals surface area contributed by atoms with Gasteiger partial charge in [0.15, 0.2) is 0 Å². The van der Waals surface area contributed by atoms with Crippen molar-refractivity contribution in [1.29, 1.82) is 0 Å². The molecule has 2 aromatic rings. The number of carbonyl (C=O) groups is 1. The van der Waals surface area contributed by atoms with Gasteiger partial charge in [-0.2, -0.15) is 0 Å². The molecule has 1 amide bonds. The number of hydrogen-bond acceptors (Lipinski definition) is 3. The van der Waals surface area contributed by atoms with Crippen LogP contribution < -0.4 is 5.32 Å². The molecule has 0 radical (unpaired) electrons. The fraction of sp³-hybridized carbons (Fsp3) is 0.316. The van der Waals surface area contributed by atoms with E-state index < -0.39 is 0 Å². The second-order valence-electron chi connectivity index (χ2n) is 5.64. The largest absolute Gasteiger partial charge is 0.376 e. The highest BCUT2D eigenvalue weighted by Gasteiger charge is 2.16. The number of rotatable bonds is 6. The van der Waals surface area contributed by atoms with Gasteiger partial charge in [0.1, 0.15) is 0 Å². The molecule has 0 aliphatic carbocycles. The van der Waals surface area contributed by atoms with E-state index in [4.69, 9.17) is 4.74 Å². The Labute approximate surface area is 141 Å². The lowest BCUT2D eigenvalue weighted by molar-refractivity contribution is 0.0858. The molecular weight excluding hydrogens is 306 g/mol. The van der Waals surface area contributed by atoms with Crippen LogP contribution in [0.2, 0.25) is 0 Å². The number of amides is 1. The molecule has 4 heteroatoms. The monoisotopic (exact) mass is 327 g/mol. The van der Waals surface area contributed by atoms with Crippen LogP contribution in [0, 0.1) is 0 Å². The van der Waals surface area contributed by atoms with Crippen molar-refractivity contribution < 1.29 is 9.53 Å². The van der Waals surface area contributed by atoms with E-state index in [1.807, 2.05) is 42.5 Å². The predicted molar refractivity (Wildman–Crippen MR) is 93.8 cm³/mol. The molecule has 0 bridgehead atoms. The summed E-state index contributed by atoms with van der Waals surface area (Å²) in [5.41, 5.74) is 1.92. The average Bonchev–Trinajstić information content (AvgIpc) is 3.13. The molecule has 1 aliphatic heterocycles. The smallest absolute Gasteiger partial charge is 0.251 e. The molecule has 2 aromatic carbocycles. The van der Waals surface area contributed by atoms with Crippen LogP contribution >= 0.6 is 11.8 Å². The van der Waals surface area contributed by atoms with Gasteiger partial charge >= 0.3 is 0 Å². The van der Waals surface area contributed by atoms with Crippen molar-refractivity contribution in [2.75, 3.05) is 13.2 Å². The van der Waals surface area contributed by atoms with Crippen molar-refractivity contribution in [1.82, 2.24) is 5.32 Å². The van der Waals surface area contributed by atoms with Crippen LogP contribution in [0.3, 0.4) is 0 Å². The number of hydrogen-bond donors (Lipinski definition) is 1. The first-order valence-electron chi connectivity index (χ1n) is 7.98. The van der Waals surface area contributed by atoms with E-state index >= 15 is 0 Å². The van der Waals surface area contributed by atoms with Gasteiger partial charge in [-0.05, 0) is 42.7 Å². The Bertz CT molecular complexity index is 622. The molecule has 1 fully saturated rings. The van der Waals surface area contributed by atoms with Crippen LogP contribution in [-0.2, 0) is 10.5 Å². The first kappa shape index (κ1) is 16.1. The van der Waals surface area contributed by atoms with Crippen LogP contribution in [-0.4, -0.2) is 25.2 Å². The maximum Gasteiger partial charge on any atom is 0.251 e. The molecule has 120 valence electrons. The summed E-state index contributed by atoms with van der Waals surface area (Å²) in [6.07, 6.45) is 2.31. The zero-order chi connectivity index (χ0) is 15.9. The molecule has 0 saturated carbocycles. The summed E-state index contributed by atoms with van der Waals surface area (Å²) in [6.45, 7) is 1.42. The summed E-state index contributed by atoms with van der Waals surface area (Å²) >= 11 is 1.80. The molecule has 3 rings (SSSR count). The lowest BCUT2D eigenvalue weighted by Crippen LogP contribution is -2.31. The molecule has 1 heterocycles. The maximum absolute atomic E-state index is 12.1. The predicted octanol–water partition coefficient (Wildman–Crippen LogP) is 3.89. The molecule has 1 N–H and O–H groups in total. The number of carbonyl (C=O) groups excluding carboxylic acids is 1. The summed E-state index contributed by atoms with van der Waals surface area (Å²) in [7, 11) is 0. The first-order valence-corrected chi connectivity index (χ1v) is 8.96. The van der Waals surface area contributed by atoms with Gasteiger partial charge in [0, 0.05) is 29.4 Å². The van der Waals surface area contributed by atoms with Crippen molar-refractivity contribution in [2.45, 2.75) is 29.6 Å². The Hall–Kier alpha value is -1.78. The lowest BCUT2D eigenvalue weighted by Gasteiger charge is -2.11. The van der Waals surface area contributed by atoms with Gasteiger partial charge in [0.25, 0.3) is 5.91 Å². The van der Waals surface area contributed by atoms with Crippen LogP contribution in [0.25, 0.3) is 0 Å². The normalized spacial score (nSPS) is 17.1. The standard InChI is InChI=1S/C19H21NO2S/c21-19(20-13-17-5-4-12-22-17)16-10-8-15(9-11-16)14-23-18-6-2-1-3-7-18/h1-3,6-11,17H,4-5,12-14H2,(H,20,21). The summed E-state index contributed by atoms with van der Waals surface area (Å²) in [6, 6.07) is 18.2. The van der Waals surface area contributed by atoms with Crippen LogP contribution in [0.5, 0.6) is 0 Å². The summed E-state index contributed by atoms with van der Waals surface area (Å²) in [5, 5.41) is 2.95. The zero-order valence-corrected chi connectivity index (χ0v) is 13.9. The van der Waals surface area contributed by atoms with E-state index in [0.29, 0.717) is 12.1 Å². The highest BCUT2D eigenvalue weighted by Crippen LogP contribution is 2.22. The van der Waals surface area contributed by atoms with E-state index in [1.165, 1.54) is 10.5 Å². The fourth-order valence-electron chi connectivity index (χ4n) is 2.55. The van der Waals surface area contributed by atoms with E-state index in [-0.39, 0.29) is 12.0 Å². The maximum atomic E-state index is 12.1.